The van der Waals surface area contributed by atoms with Gasteiger partial charge in [-0.3, -0.25) is 0 Å². The summed E-state index contributed by atoms with van der Waals surface area (Å²) in [5.41, 5.74) is 8.68. The highest BCUT2D eigenvalue weighted by Crippen LogP contribution is 2.20. The second-order valence-corrected chi connectivity index (χ2v) is 4.63. The molecular formula is C13H18N2O. The van der Waals surface area contributed by atoms with Crippen LogP contribution in [0, 0.1) is 12.8 Å². The van der Waals surface area contributed by atoms with Crippen molar-refractivity contribution in [1.82, 2.24) is 0 Å². The topological polar surface area (TPSA) is 47.6 Å². The first-order valence-corrected chi connectivity index (χ1v) is 5.65. The molecule has 0 aromatic heterocycles. The van der Waals surface area contributed by atoms with Gasteiger partial charge in [0.25, 0.3) is 0 Å². The lowest BCUT2D eigenvalue weighted by Crippen LogP contribution is -2.13. The lowest BCUT2D eigenvalue weighted by molar-refractivity contribution is 0.292. The summed E-state index contributed by atoms with van der Waals surface area (Å²) in [5, 5.41) is 0. The highest BCUT2D eigenvalue weighted by Gasteiger charge is 2.22. The van der Waals surface area contributed by atoms with E-state index in [2.05, 4.69) is 18.8 Å². The Morgan fingerprint density at radius 1 is 1.44 bits per heavy atom. The summed E-state index contributed by atoms with van der Waals surface area (Å²) in [7, 11) is 0. The Hall–Kier alpha value is -1.51. The molecule has 0 spiro atoms. The van der Waals surface area contributed by atoms with Crippen molar-refractivity contribution >= 4 is 11.6 Å². The van der Waals surface area contributed by atoms with E-state index in [4.69, 9.17) is 10.5 Å². The van der Waals surface area contributed by atoms with Crippen molar-refractivity contribution in [2.45, 2.75) is 26.8 Å². The van der Waals surface area contributed by atoms with Gasteiger partial charge in [0.15, 0.2) is 0 Å². The fourth-order valence-corrected chi connectivity index (χ4v) is 1.70. The van der Waals surface area contributed by atoms with Crippen LogP contribution in [0.4, 0.5) is 5.69 Å². The largest absolute Gasteiger partial charge is 0.475 e. The van der Waals surface area contributed by atoms with E-state index in [9.17, 15) is 0 Å². The average Bonchev–Trinajstić information content (AvgIpc) is 2.71. The van der Waals surface area contributed by atoms with Gasteiger partial charge < -0.3 is 10.5 Å². The second kappa shape index (κ2) is 4.16. The minimum Gasteiger partial charge on any atom is -0.475 e. The van der Waals surface area contributed by atoms with Crippen LogP contribution in [0.2, 0.25) is 0 Å². The number of rotatable bonds is 2. The normalized spacial score (nSPS) is 19.8. The molecule has 0 amide bonds. The van der Waals surface area contributed by atoms with Gasteiger partial charge in [-0.05, 0) is 36.6 Å². The molecule has 0 unspecified atom stereocenters. The maximum atomic E-state index is 5.78. The number of nitrogens with zero attached hydrogens (tertiary/aromatic N) is 1. The van der Waals surface area contributed by atoms with Gasteiger partial charge >= 0.3 is 0 Å². The Morgan fingerprint density at radius 3 is 2.75 bits per heavy atom. The predicted octanol–water partition coefficient (Wildman–Crippen LogP) is 2.38. The van der Waals surface area contributed by atoms with E-state index in [0.717, 1.165) is 22.7 Å². The van der Waals surface area contributed by atoms with Gasteiger partial charge in [0, 0.05) is 11.3 Å². The van der Waals surface area contributed by atoms with Crippen molar-refractivity contribution in [2.24, 2.45) is 10.9 Å². The molecule has 0 radical (unpaired) electrons. The molecule has 0 bridgehead atoms. The lowest BCUT2D eigenvalue weighted by Gasteiger charge is -2.06. The maximum absolute atomic E-state index is 5.78. The van der Waals surface area contributed by atoms with E-state index in [1.807, 2.05) is 25.1 Å². The number of aliphatic imine (C=N–C) groups is 1. The maximum Gasteiger partial charge on any atom is 0.216 e. The van der Waals surface area contributed by atoms with Crippen molar-refractivity contribution in [1.29, 1.82) is 0 Å². The van der Waals surface area contributed by atoms with E-state index in [1.54, 1.807) is 0 Å². The van der Waals surface area contributed by atoms with Gasteiger partial charge in [-0.1, -0.05) is 13.8 Å². The van der Waals surface area contributed by atoms with Gasteiger partial charge in [0.05, 0.1) is 6.04 Å². The number of hydrogen-bond acceptors (Lipinski definition) is 3. The molecule has 0 saturated heterocycles. The molecule has 1 heterocycles. The van der Waals surface area contributed by atoms with Crippen LogP contribution < -0.4 is 5.73 Å². The monoisotopic (exact) mass is 218 g/mol. The number of aryl methyl sites for hydroxylation is 1. The SMILES string of the molecule is Cc1cc(C2=N[C@@H](C(C)C)CO2)ccc1N. The molecule has 0 fully saturated rings. The molecule has 1 aliphatic rings. The lowest BCUT2D eigenvalue weighted by atomic mass is 10.1. The van der Waals surface area contributed by atoms with Crippen LogP contribution >= 0.6 is 0 Å². The van der Waals surface area contributed by atoms with Crippen LogP contribution in [-0.2, 0) is 4.74 Å². The van der Waals surface area contributed by atoms with E-state index < -0.39 is 0 Å². The molecule has 3 nitrogen and oxygen atoms in total. The van der Waals surface area contributed by atoms with E-state index in [-0.39, 0.29) is 6.04 Å². The van der Waals surface area contributed by atoms with Crippen molar-refractivity contribution in [2.75, 3.05) is 12.3 Å². The van der Waals surface area contributed by atoms with E-state index in [1.165, 1.54) is 0 Å². The molecule has 0 saturated carbocycles. The summed E-state index contributed by atoms with van der Waals surface area (Å²) in [6.45, 7) is 7.01. The van der Waals surface area contributed by atoms with Crippen LogP contribution in [0.25, 0.3) is 0 Å². The summed E-state index contributed by atoms with van der Waals surface area (Å²) >= 11 is 0. The number of hydrogen-bond donors (Lipinski definition) is 1. The zero-order valence-electron chi connectivity index (χ0n) is 10.0. The van der Waals surface area contributed by atoms with Gasteiger partial charge in [-0.15, -0.1) is 0 Å². The van der Waals surface area contributed by atoms with Gasteiger partial charge in [0.2, 0.25) is 5.90 Å². The third kappa shape index (κ3) is 2.03. The number of benzene rings is 1. The third-order valence-electron chi connectivity index (χ3n) is 2.96. The van der Waals surface area contributed by atoms with Crippen molar-refractivity contribution < 1.29 is 4.74 Å². The molecule has 86 valence electrons. The summed E-state index contributed by atoms with van der Waals surface area (Å²) in [5.74, 6) is 1.27. The first kappa shape index (κ1) is 11.0. The molecule has 1 atom stereocenters. The number of nitrogen functional groups attached to an aromatic ring is 1. The van der Waals surface area contributed by atoms with Gasteiger partial charge in [0.1, 0.15) is 6.61 Å². The van der Waals surface area contributed by atoms with Crippen LogP contribution in [0.5, 0.6) is 0 Å². The highest BCUT2D eigenvalue weighted by molar-refractivity contribution is 5.95. The first-order valence-electron chi connectivity index (χ1n) is 5.65. The summed E-state index contributed by atoms with van der Waals surface area (Å²) in [6, 6.07) is 6.17. The predicted molar refractivity (Wildman–Crippen MR) is 66.7 cm³/mol. The molecule has 0 aliphatic carbocycles. The zero-order valence-corrected chi connectivity index (χ0v) is 10.0. The fourth-order valence-electron chi connectivity index (χ4n) is 1.70. The van der Waals surface area contributed by atoms with E-state index in [0.29, 0.717) is 12.5 Å². The van der Waals surface area contributed by atoms with Crippen LogP contribution in [0.15, 0.2) is 23.2 Å². The van der Waals surface area contributed by atoms with Gasteiger partial charge in [-0.25, -0.2) is 4.99 Å². The van der Waals surface area contributed by atoms with Crippen LogP contribution in [-0.4, -0.2) is 18.5 Å². The summed E-state index contributed by atoms with van der Waals surface area (Å²) in [4.78, 5) is 4.58. The molecular weight excluding hydrogens is 200 g/mol. The molecule has 1 aliphatic heterocycles. The Morgan fingerprint density at radius 2 is 2.19 bits per heavy atom. The smallest absolute Gasteiger partial charge is 0.216 e. The summed E-state index contributed by atoms with van der Waals surface area (Å²) < 4.78 is 5.62. The second-order valence-electron chi connectivity index (χ2n) is 4.63. The average molecular weight is 218 g/mol. The van der Waals surface area contributed by atoms with Crippen molar-refractivity contribution in [3.05, 3.63) is 29.3 Å². The minimum absolute atomic E-state index is 0.285. The Balaban J connectivity index is 2.25. The molecule has 2 rings (SSSR count). The summed E-state index contributed by atoms with van der Waals surface area (Å²) in [6.07, 6.45) is 0. The molecule has 16 heavy (non-hydrogen) atoms. The van der Waals surface area contributed by atoms with E-state index >= 15 is 0 Å². The zero-order chi connectivity index (χ0) is 11.7. The van der Waals surface area contributed by atoms with Crippen LogP contribution in [0.1, 0.15) is 25.0 Å². The number of ether oxygens (including phenoxy) is 1. The minimum atomic E-state index is 0.285. The molecule has 1 aromatic carbocycles. The Kier molecular flexibility index (Phi) is 2.86. The molecule has 2 N–H and O–H groups in total. The van der Waals surface area contributed by atoms with Gasteiger partial charge in [-0.2, -0.15) is 0 Å². The Bertz CT molecular complexity index is 424. The molecule has 3 heteroatoms. The van der Waals surface area contributed by atoms with Crippen molar-refractivity contribution in [3.8, 4) is 0 Å². The molecule has 1 aromatic rings. The van der Waals surface area contributed by atoms with Crippen LogP contribution in [0.3, 0.4) is 0 Å². The Labute approximate surface area is 96.3 Å². The van der Waals surface area contributed by atoms with Crippen molar-refractivity contribution in [3.63, 3.8) is 0 Å². The third-order valence-corrected chi connectivity index (χ3v) is 2.96. The quantitative estimate of drug-likeness (QED) is 0.775. The number of nitrogens with two attached hydrogens (primary N) is 1. The number of anilines is 1. The fraction of sp³-hybridized carbons (Fsp3) is 0.462. The highest BCUT2D eigenvalue weighted by atomic mass is 16.5. The first-order chi connectivity index (χ1) is 7.58. The standard InChI is InChI=1S/C13H18N2O/c1-8(2)12-7-16-13(15-12)10-4-5-11(14)9(3)6-10/h4-6,8,12H,7,14H2,1-3H3/t12-/m1/s1.